The molecule has 0 radical (unpaired) electrons. The molecule has 1 aromatic carbocycles. The van der Waals surface area contributed by atoms with Gasteiger partial charge in [-0.25, -0.2) is 12.8 Å². The summed E-state index contributed by atoms with van der Waals surface area (Å²) in [6.45, 7) is 3.94. The van der Waals surface area contributed by atoms with E-state index in [-0.39, 0.29) is 17.8 Å². The smallest absolute Gasteiger partial charge is 0.258 e. The highest BCUT2D eigenvalue weighted by atomic mass is 32.2. The van der Waals surface area contributed by atoms with E-state index in [9.17, 15) is 12.8 Å². The van der Waals surface area contributed by atoms with Crippen LogP contribution in [0.25, 0.3) is 10.9 Å². The molecule has 1 heterocycles. The van der Waals surface area contributed by atoms with Crippen molar-refractivity contribution >= 4 is 20.9 Å². The number of halogens is 1. The number of sulfonamides is 1. The molecule has 5 nitrogen and oxygen atoms in total. The highest BCUT2D eigenvalue weighted by molar-refractivity contribution is 7.93. The topological polar surface area (TPSA) is 68.3 Å². The summed E-state index contributed by atoms with van der Waals surface area (Å²) in [6.07, 6.45) is 13.2. The van der Waals surface area contributed by atoms with E-state index >= 15 is 0 Å². The summed E-state index contributed by atoms with van der Waals surface area (Å²) >= 11 is 0. The molecule has 184 valence electrons. The van der Waals surface area contributed by atoms with Crippen LogP contribution in [0.2, 0.25) is 0 Å². The molecule has 35 heavy (non-hydrogen) atoms. The molecule has 0 fully saturated rings. The zero-order chi connectivity index (χ0) is 24.6. The van der Waals surface area contributed by atoms with Gasteiger partial charge in [0.05, 0.1) is 10.4 Å². The minimum absolute atomic E-state index is 0.0154. The second-order valence-electron chi connectivity index (χ2n) is 9.56. The minimum atomic E-state index is -3.63. The van der Waals surface area contributed by atoms with Gasteiger partial charge >= 0.3 is 0 Å². The van der Waals surface area contributed by atoms with Crippen LogP contribution in [0.5, 0.6) is 5.75 Å². The lowest BCUT2D eigenvalue weighted by Crippen LogP contribution is -2.32. The maximum Gasteiger partial charge on any atom is 0.258 e. The van der Waals surface area contributed by atoms with E-state index < -0.39 is 10.0 Å². The number of pyridine rings is 1. The Morgan fingerprint density at radius 2 is 2.03 bits per heavy atom. The van der Waals surface area contributed by atoms with Crippen molar-refractivity contribution in [2.45, 2.75) is 64.9 Å². The second kappa shape index (κ2) is 9.61. The van der Waals surface area contributed by atoms with E-state index in [1.807, 2.05) is 19.1 Å². The molecular formula is C28H31FN2O3S. The highest BCUT2D eigenvalue weighted by Gasteiger charge is 2.33. The molecule has 0 bridgehead atoms. The van der Waals surface area contributed by atoms with Crippen molar-refractivity contribution < 1.29 is 17.5 Å². The number of hydrogen-bond donors (Lipinski definition) is 1. The first-order valence-electron chi connectivity index (χ1n) is 12.4. The van der Waals surface area contributed by atoms with E-state index in [0.29, 0.717) is 40.8 Å². The predicted molar refractivity (Wildman–Crippen MR) is 137 cm³/mol. The average molecular weight is 495 g/mol. The molecule has 3 aliphatic carbocycles. The van der Waals surface area contributed by atoms with Crippen molar-refractivity contribution in [2.24, 2.45) is 5.92 Å². The molecular weight excluding hydrogens is 463 g/mol. The fourth-order valence-corrected chi connectivity index (χ4v) is 7.19. The van der Waals surface area contributed by atoms with Crippen molar-refractivity contribution in [3.63, 3.8) is 0 Å². The fraction of sp³-hybridized carbons (Fsp3) is 0.393. The van der Waals surface area contributed by atoms with Crippen LogP contribution >= 0.6 is 0 Å². The summed E-state index contributed by atoms with van der Waals surface area (Å²) in [5.74, 6) is 0.295. The van der Waals surface area contributed by atoms with Gasteiger partial charge < -0.3 is 4.74 Å². The molecule has 7 heteroatoms. The number of nitrogens with one attached hydrogen (secondary N) is 1. The Morgan fingerprint density at radius 3 is 2.80 bits per heavy atom. The molecule has 0 aliphatic heterocycles. The fourth-order valence-electron chi connectivity index (χ4n) is 5.30. The van der Waals surface area contributed by atoms with Crippen LogP contribution in [0.15, 0.2) is 70.3 Å². The quantitative estimate of drug-likeness (QED) is 0.506. The molecule has 0 saturated carbocycles. The molecule has 2 atom stereocenters. The lowest BCUT2D eigenvalue weighted by atomic mass is 9.84. The molecule has 2 unspecified atom stereocenters. The molecule has 2 aromatic rings. The lowest BCUT2D eigenvalue weighted by Gasteiger charge is -2.30. The van der Waals surface area contributed by atoms with Crippen molar-refractivity contribution in [2.75, 3.05) is 0 Å². The number of nitrogens with zero attached hydrogens (tertiary/aromatic N) is 1. The van der Waals surface area contributed by atoms with Crippen molar-refractivity contribution in [3.8, 4) is 5.75 Å². The Bertz CT molecular complexity index is 1390. The Morgan fingerprint density at radius 1 is 1.17 bits per heavy atom. The van der Waals surface area contributed by atoms with Crippen LogP contribution in [0.4, 0.5) is 4.39 Å². The summed E-state index contributed by atoms with van der Waals surface area (Å²) in [5, 5.41) is 0.646. The zero-order valence-corrected chi connectivity index (χ0v) is 21.0. The number of hydrogen-bond acceptors (Lipinski definition) is 4. The van der Waals surface area contributed by atoms with Gasteiger partial charge in [0.1, 0.15) is 17.7 Å². The largest absolute Gasteiger partial charge is 0.489 e. The number of rotatable bonds is 6. The number of fused-ring (bicyclic) bond motifs is 2. The molecule has 0 saturated heterocycles. The van der Waals surface area contributed by atoms with Gasteiger partial charge in [-0.1, -0.05) is 31.2 Å². The van der Waals surface area contributed by atoms with Gasteiger partial charge in [0.15, 0.2) is 0 Å². The van der Waals surface area contributed by atoms with Gasteiger partial charge in [-0.05, 0) is 74.8 Å². The van der Waals surface area contributed by atoms with Crippen LogP contribution in [-0.2, 0) is 10.0 Å². The maximum absolute atomic E-state index is 13.8. The zero-order valence-electron chi connectivity index (χ0n) is 20.2. The average Bonchev–Trinajstić information content (AvgIpc) is 2.84. The highest BCUT2D eigenvalue weighted by Crippen LogP contribution is 2.40. The third-order valence-electron chi connectivity index (χ3n) is 7.06. The van der Waals surface area contributed by atoms with Crippen LogP contribution < -0.4 is 9.46 Å². The number of ether oxygens (including phenoxy) is 1. The minimum Gasteiger partial charge on any atom is -0.489 e. The first kappa shape index (κ1) is 23.8. The number of allylic oxidation sites excluding steroid dienone is 7. The Kier molecular flexibility index (Phi) is 6.53. The molecule has 5 rings (SSSR count). The number of aryl methyl sites for hydroxylation is 1. The van der Waals surface area contributed by atoms with Gasteiger partial charge in [0.2, 0.25) is 0 Å². The van der Waals surface area contributed by atoms with Crippen LogP contribution in [-0.4, -0.2) is 19.5 Å². The Balaban J connectivity index is 1.33. The molecule has 0 amide bonds. The standard InChI is InChI=1S/C28H31FN2O3S/c1-3-19-8-9-20-6-4-5-7-24(20)28(19)35(32,33)31-22-11-13-23(14-12-22)34-27-16-18(2)30-26-15-10-21(29)17-25(26)27/h4,6,9-11,15-17,19,23,31H,3,5,7-8,12-14H2,1-2H3. The maximum atomic E-state index is 13.8. The van der Waals surface area contributed by atoms with Gasteiger partial charge in [-0.3, -0.25) is 9.71 Å². The van der Waals surface area contributed by atoms with E-state index in [1.165, 1.54) is 12.1 Å². The van der Waals surface area contributed by atoms with Crippen LogP contribution in [0, 0.1) is 18.7 Å². The monoisotopic (exact) mass is 494 g/mol. The number of aromatic nitrogens is 1. The van der Waals surface area contributed by atoms with Crippen LogP contribution in [0.3, 0.4) is 0 Å². The molecule has 0 spiro atoms. The molecule has 1 aromatic heterocycles. The lowest BCUT2D eigenvalue weighted by molar-refractivity contribution is 0.190. The van der Waals surface area contributed by atoms with Crippen molar-refractivity contribution in [1.29, 1.82) is 0 Å². The summed E-state index contributed by atoms with van der Waals surface area (Å²) in [7, 11) is -3.63. The van der Waals surface area contributed by atoms with Crippen molar-refractivity contribution in [3.05, 3.63) is 81.8 Å². The number of benzene rings is 1. The van der Waals surface area contributed by atoms with Gasteiger partial charge in [-0.15, -0.1) is 0 Å². The summed E-state index contributed by atoms with van der Waals surface area (Å²) < 4.78 is 50.1. The van der Waals surface area contributed by atoms with E-state index in [2.05, 4.69) is 34.9 Å². The van der Waals surface area contributed by atoms with Crippen molar-refractivity contribution in [1.82, 2.24) is 9.71 Å². The first-order valence-corrected chi connectivity index (χ1v) is 13.9. The third-order valence-corrected chi connectivity index (χ3v) is 8.75. The van der Waals surface area contributed by atoms with E-state index in [1.54, 1.807) is 6.07 Å². The Hall–Kier alpha value is -2.93. The van der Waals surface area contributed by atoms with Gasteiger partial charge in [0, 0.05) is 35.2 Å². The first-order chi connectivity index (χ1) is 16.8. The summed E-state index contributed by atoms with van der Waals surface area (Å²) in [4.78, 5) is 5.03. The third kappa shape index (κ3) is 4.92. The predicted octanol–water partition coefficient (Wildman–Crippen LogP) is 6.38. The Labute approximate surface area is 206 Å². The SMILES string of the molecule is CCC1CC=C2C=CCCC2=C1S(=O)(=O)NC1=CCC(Oc2cc(C)nc3ccc(F)cc23)CC1. The summed E-state index contributed by atoms with van der Waals surface area (Å²) in [6, 6.07) is 6.33. The molecule has 1 N–H and O–H groups in total. The van der Waals surface area contributed by atoms with E-state index in [4.69, 9.17) is 4.74 Å². The normalized spacial score (nSPS) is 22.5. The second-order valence-corrected chi connectivity index (χ2v) is 11.2. The van der Waals surface area contributed by atoms with Crippen LogP contribution in [0.1, 0.15) is 57.6 Å². The van der Waals surface area contributed by atoms with Gasteiger partial charge in [0.25, 0.3) is 10.0 Å². The molecule has 3 aliphatic rings. The van der Waals surface area contributed by atoms with Gasteiger partial charge in [-0.2, -0.15) is 0 Å². The summed E-state index contributed by atoms with van der Waals surface area (Å²) in [5.41, 5.74) is 4.25. The van der Waals surface area contributed by atoms with E-state index in [0.717, 1.165) is 48.2 Å².